The highest BCUT2D eigenvalue weighted by atomic mass is 16.5. The zero-order valence-electron chi connectivity index (χ0n) is 8.25. The maximum atomic E-state index is 11.5. The maximum absolute atomic E-state index is 11.5. The molecule has 4 nitrogen and oxygen atoms in total. The molecule has 76 valence electrons. The van der Waals surface area contributed by atoms with Crippen LogP contribution in [0.25, 0.3) is 5.69 Å². The van der Waals surface area contributed by atoms with Gasteiger partial charge in [0.2, 0.25) is 0 Å². The van der Waals surface area contributed by atoms with Gasteiger partial charge < -0.3 is 4.74 Å². The van der Waals surface area contributed by atoms with Crippen molar-refractivity contribution in [1.82, 2.24) is 9.55 Å². The van der Waals surface area contributed by atoms with Crippen molar-refractivity contribution < 1.29 is 4.74 Å². The van der Waals surface area contributed by atoms with Gasteiger partial charge in [-0.2, -0.15) is 0 Å². The molecule has 0 aliphatic carbocycles. The lowest BCUT2D eigenvalue weighted by Crippen LogP contribution is -2.15. The number of ether oxygens (including phenoxy) is 1. The van der Waals surface area contributed by atoms with Crippen molar-refractivity contribution in [3.63, 3.8) is 0 Å². The van der Waals surface area contributed by atoms with E-state index in [1.807, 2.05) is 0 Å². The zero-order chi connectivity index (χ0) is 10.7. The first-order valence-corrected chi connectivity index (χ1v) is 4.48. The molecule has 2 aromatic rings. The summed E-state index contributed by atoms with van der Waals surface area (Å²) in [7, 11) is 1.56. The number of aromatic nitrogens is 2. The summed E-state index contributed by atoms with van der Waals surface area (Å²) in [6, 6.07) is 6.75. The fourth-order valence-electron chi connectivity index (χ4n) is 1.29. The SMILES string of the molecule is COc1cncc(-n2ccccc2=O)c1. The highest BCUT2D eigenvalue weighted by molar-refractivity contribution is 5.35. The highest BCUT2D eigenvalue weighted by Gasteiger charge is 2.00. The van der Waals surface area contributed by atoms with Gasteiger partial charge in [-0.1, -0.05) is 6.07 Å². The second-order valence-electron chi connectivity index (χ2n) is 2.99. The lowest BCUT2D eigenvalue weighted by molar-refractivity contribution is 0.412. The van der Waals surface area contributed by atoms with Gasteiger partial charge in [-0.3, -0.25) is 14.3 Å². The molecule has 0 aromatic carbocycles. The van der Waals surface area contributed by atoms with E-state index < -0.39 is 0 Å². The Morgan fingerprint density at radius 2 is 2.20 bits per heavy atom. The predicted octanol–water partition coefficient (Wildman–Crippen LogP) is 1.24. The summed E-state index contributed by atoms with van der Waals surface area (Å²) >= 11 is 0. The smallest absolute Gasteiger partial charge is 0.255 e. The average molecular weight is 202 g/mol. The lowest BCUT2D eigenvalue weighted by Gasteiger charge is -2.05. The minimum Gasteiger partial charge on any atom is -0.495 e. The molecule has 0 fully saturated rings. The van der Waals surface area contributed by atoms with E-state index in [0.717, 1.165) is 0 Å². The van der Waals surface area contributed by atoms with E-state index in [2.05, 4.69) is 4.98 Å². The molecule has 0 saturated heterocycles. The monoisotopic (exact) mass is 202 g/mol. The van der Waals surface area contributed by atoms with Gasteiger partial charge in [-0.05, 0) is 6.07 Å². The van der Waals surface area contributed by atoms with Crippen LogP contribution in [0.3, 0.4) is 0 Å². The molecular weight excluding hydrogens is 192 g/mol. The molecule has 0 aliphatic heterocycles. The van der Waals surface area contributed by atoms with E-state index in [9.17, 15) is 4.79 Å². The molecule has 0 unspecified atom stereocenters. The minimum atomic E-state index is -0.0902. The van der Waals surface area contributed by atoms with Gasteiger partial charge in [0.1, 0.15) is 5.75 Å². The number of hydrogen-bond donors (Lipinski definition) is 0. The summed E-state index contributed by atoms with van der Waals surface area (Å²) in [4.78, 5) is 15.5. The third-order valence-corrected chi connectivity index (χ3v) is 2.04. The fourth-order valence-corrected chi connectivity index (χ4v) is 1.29. The summed E-state index contributed by atoms with van der Waals surface area (Å²) in [5, 5.41) is 0. The van der Waals surface area contributed by atoms with Crippen LogP contribution in [-0.2, 0) is 0 Å². The fraction of sp³-hybridized carbons (Fsp3) is 0.0909. The van der Waals surface area contributed by atoms with E-state index in [1.54, 1.807) is 43.9 Å². The van der Waals surface area contributed by atoms with Crippen LogP contribution < -0.4 is 10.3 Å². The van der Waals surface area contributed by atoms with Gasteiger partial charge in [0.25, 0.3) is 5.56 Å². The Balaban J connectivity index is 2.54. The molecule has 15 heavy (non-hydrogen) atoms. The second-order valence-corrected chi connectivity index (χ2v) is 2.99. The Bertz CT molecular complexity index is 520. The van der Waals surface area contributed by atoms with Gasteiger partial charge in [0.15, 0.2) is 0 Å². The first kappa shape index (κ1) is 9.45. The topological polar surface area (TPSA) is 44.1 Å². The molecule has 2 heterocycles. The van der Waals surface area contributed by atoms with E-state index in [4.69, 9.17) is 4.74 Å². The van der Waals surface area contributed by atoms with Crippen molar-refractivity contribution in [1.29, 1.82) is 0 Å². The van der Waals surface area contributed by atoms with Gasteiger partial charge in [0, 0.05) is 18.3 Å². The molecule has 0 N–H and O–H groups in total. The molecule has 0 radical (unpaired) electrons. The largest absolute Gasteiger partial charge is 0.495 e. The Morgan fingerprint density at radius 3 is 2.93 bits per heavy atom. The van der Waals surface area contributed by atoms with Gasteiger partial charge in [0.05, 0.1) is 25.2 Å². The van der Waals surface area contributed by atoms with Crippen LogP contribution in [0.5, 0.6) is 5.75 Å². The van der Waals surface area contributed by atoms with Crippen molar-refractivity contribution in [3.8, 4) is 11.4 Å². The van der Waals surface area contributed by atoms with Gasteiger partial charge in [-0.15, -0.1) is 0 Å². The number of rotatable bonds is 2. The van der Waals surface area contributed by atoms with Crippen molar-refractivity contribution in [2.24, 2.45) is 0 Å². The van der Waals surface area contributed by atoms with Crippen LogP contribution in [0.4, 0.5) is 0 Å². The van der Waals surface area contributed by atoms with E-state index in [-0.39, 0.29) is 5.56 Å². The van der Waals surface area contributed by atoms with E-state index >= 15 is 0 Å². The Labute approximate surface area is 86.8 Å². The molecule has 0 saturated carbocycles. The van der Waals surface area contributed by atoms with Crippen molar-refractivity contribution >= 4 is 0 Å². The molecule has 0 atom stereocenters. The van der Waals surface area contributed by atoms with Crippen LogP contribution in [0.15, 0.2) is 47.7 Å². The lowest BCUT2D eigenvalue weighted by atomic mass is 10.3. The standard InChI is InChI=1S/C11H10N2O2/c1-15-10-6-9(7-12-8-10)13-5-3-2-4-11(13)14/h2-8H,1H3. The third kappa shape index (κ3) is 1.88. The van der Waals surface area contributed by atoms with Crippen LogP contribution in [0, 0.1) is 0 Å². The van der Waals surface area contributed by atoms with E-state index in [0.29, 0.717) is 11.4 Å². The first-order chi connectivity index (χ1) is 7.31. The van der Waals surface area contributed by atoms with E-state index in [1.165, 1.54) is 10.6 Å². The molecule has 0 bridgehead atoms. The summed E-state index contributed by atoms with van der Waals surface area (Å²) in [6.07, 6.45) is 4.90. The Morgan fingerprint density at radius 1 is 1.33 bits per heavy atom. The summed E-state index contributed by atoms with van der Waals surface area (Å²) in [6.45, 7) is 0. The van der Waals surface area contributed by atoms with Crippen LogP contribution in [0.1, 0.15) is 0 Å². The predicted molar refractivity (Wildman–Crippen MR) is 56.4 cm³/mol. The van der Waals surface area contributed by atoms with Gasteiger partial charge >= 0.3 is 0 Å². The average Bonchev–Trinajstić information content (AvgIpc) is 2.30. The van der Waals surface area contributed by atoms with Crippen LogP contribution >= 0.6 is 0 Å². The zero-order valence-corrected chi connectivity index (χ0v) is 8.25. The minimum absolute atomic E-state index is 0.0902. The second kappa shape index (κ2) is 3.96. The Kier molecular flexibility index (Phi) is 2.49. The molecule has 0 amide bonds. The molecular formula is C11H10N2O2. The normalized spacial score (nSPS) is 9.93. The summed E-state index contributed by atoms with van der Waals surface area (Å²) < 4.78 is 6.55. The third-order valence-electron chi connectivity index (χ3n) is 2.04. The first-order valence-electron chi connectivity index (χ1n) is 4.48. The van der Waals surface area contributed by atoms with Crippen LogP contribution in [-0.4, -0.2) is 16.7 Å². The quantitative estimate of drug-likeness (QED) is 0.736. The number of hydrogen-bond acceptors (Lipinski definition) is 3. The van der Waals surface area contributed by atoms with Crippen molar-refractivity contribution in [2.75, 3.05) is 7.11 Å². The van der Waals surface area contributed by atoms with Crippen LogP contribution in [0.2, 0.25) is 0 Å². The summed E-state index contributed by atoms with van der Waals surface area (Å²) in [5.74, 6) is 0.628. The molecule has 2 rings (SSSR count). The van der Waals surface area contributed by atoms with Crippen molar-refractivity contribution in [3.05, 3.63) is 53.2 Å². The number of nitrogens with zero attached hydrogens (tertiary/aromatic N) is 2. The Hall–Kier alpha value is -2.10. The molecule has 0 aliphatic rings. The summed E-state index contributed by atoms with van der Waals surface area (Å²) in [5.41, 5.74) is 0.604. The van der Waals surface area contributed by atoms with Crippen molar-refractivity contribution in [2.45, 2.75) is 0 Å². The molecule has 2 aromatic heterocycles. The molecule has 0 spiro atoms. The number of pyridine rings is 2. The van der Waals surface area contributed by atoms with Gasteiger partial charge in [-0.25, -0.2) is 0 Å². The number of methoxy groups -OCH3 is 1. The highest BCUT2D eigenvalue weighted by Crippen LogP contribution is 2.12. The molecule has 4 heteroatoms. The maximum Gasteiger partial charge on any atom is 0.255 e.